The van der Waals surface area contributed by atoms with Gasteiger partial charge in [-0.05, 0) is 74.0 Å². The highest BCUT2D eigenvalue weighted by Crippen LogP contribution is 2.55. The molecule has 4 unspecified atom stereocenters. The van der Waals surface area contributed by atoms with Crippen LogP contribution in [0.5, 0.6) is 0 Å². The number of benzene rings is 1. The Labute approximate surface area is 228 Å². The Bertz CT molecular complexity index is 1120. The van der Waals surface area contributed by atoms with Crippen LogP contribution in [0, 0.1) is 17.8 Å². The Morgan fingerprint density at radius 1 is 0.895 bits per heavy atom. The van der Waals surface area contributed by atoms with Crippen molar-refractivity contribution in [2.24, 2.45) is 28.5 Å². The number of anilines is 1. The zero-order valence-electron chi connectivity index (χ0n) is 23.0. The highest BCUT2D eigenvalue weighted by atomic mass is 16.5. The lowest BCUT2D eigenvalue weighted by Gasteiger charge is -2.30. The van der Waals surface area contributed by atoms with Gasteiger partial charge in [-0.25, -0.2) is 0 Å². The fourth-order valence-electron chi connectivity index (χ4n) is 7.74. The molecule has 1 aromatic rings. The van der Waals surface area contributed by atoms with Crippen molar-refractivity contribution in [3.05, 3.63) is 53.3 Å². The van der Waals surface area contributed by atoms with Crippen LogP contribution >= 0.6 is 0 Å². The molecule has 0 radical (unpaired) electrons. The molecular weight excluding hydrogens is 470 g/mol. The lowest BCUT2D eigenvalue weighted by atomic mass is 9.70. The van der Waals surface area contributed by atoms with Crippen molar-refractivity contribution in [2.75, 3.05) is 24.6 Å². The minimum atomic E-state index is -0.683. The summed E-state index contributed by atoms with van der Waals surface area (Å²) in [5.41, 5.74) is 8.79. The quantitative estimate of drug-likeness (QED) is 0.470. The Balaban J connectivity index is 1.28. The number of rotatable bonds is 2. The fraction of sp³-hybridized carbons (Fsp3) is 0.636. The second-order valence-corrected chi connectivity index (χ2v) is 12.4. The Kier molecular flexibility index (Phi) is 7.63. The van der Waals surface area contributed by atoms with Gasteiger partial charge in [-0.3, -0.25) is 9.79 Å². The van der Waals surface area contributed by atoms with Crippen molar-refractivity contribution in [1.82, 2.24) is 0 Å². The third-order valence-electron chi connectivity index (χ3n) is 9.88. The van der Waals surface area contributed by atoms with Gasteiger partial charge in [0.25, 0.3) is 0 Å². The summed E-state index contributed by atoms with van der Waals surface area (Å²) >= 11 is 0. The molecule has 5 aliphatic rings. The van der Waals surface area contributed by atoms with Gasteiger partial charge in [0.15, 0.2) is 0 Å². The molecule has 1 saturated heterocycles. The molecular formula is C33H45N3O2. The monoisotopic (exact) mass is 515 g/mol. The first kappa shape index (κ1) is 25.7. The van der Waals surface area contributed by atoms with Gasteiger partial charge < -0.3 is 15.4 Å². The number of ether oxygens (including phenoxy) is 1. The van der Waals surface area contributed by atoms with E-state index in [0.717, 1.165) is 73.6 Å². The number of aliphatic imine (C=N–C) groups is 1. The van der Waals surface area contributed by atoms with Gasteiger partial charge in [0.1, 0.15) is 17.8 Å². The van der Waals surface area contributed by atoms with Crippen LogP contribution in [0.2, 0.25) is 0 Å². The summed E-state index contributed by atoms with van der Waals surface area (Å²) in [6.07, 6.45) is 21.6. The standard InChI is InChI=1S/C33H45N3O2/c34-31-18-8-4-5-12-24(13-11-19-35-31)22-36-29-17-10-9-16-27(29)33(32(36)37)23-38-30-21-26-15-7-3-1-2-6-14-25(26)20-28(30)33/h9-10,16-17,20-21,24-26H,1-8,11-15,18-19,22-23H2,(H2,34,35). The normalized spacial score (nSPS) is 32.3. The molecule has 2 fully saturated rings. The molecule has 3 heterocycles. The van der Waals surface area contributed by atoms with Crippen LogP contribution in [-0.4, -0.2) is 31.4 Å². The predicted molar refractivity (Wildman–Crippen MR) is 154 cm³/mol. The first-order chi connectivity index (χ1) is 18.7. The maximum Gasteiger partial charge on any atom is 0.245 e. The van der Waals surface area contributed by atoms with E-state index in [9.17, 15) is 4.79 Å². The summed E-state index contributed by atoms with van der Waals surface area (Å²) in [6, 6.07) is 8.53. The summed E-state index contributed by atoms with van der Waals surface area (Å²) in [6.45, 7) is 2.03. The van der Waals surface area contributed by atoms with Gasteiger partial charge in [-0.15, -0.1) is 0 Å². The van der Waals surface area contributed by atoms with Crippen molar-refractivity contribution < 1.29 is 9.53 Å². The van der Waals surface area contributed by atoms with Gasteiger partial charge in [-0.2, -0.15) is 0 Å². The van der Waals surface area contributed by atoms with E-state index in [2.05, 4.69) is 46.3 Å². The van der Waals surface area contributed by atoms with Crippen molar-refractivity contribution in [2.45, 2.75) is 95.3 Å². The van der Waals surface area contributed by atoms with Crippen molar-refractivity contribution in [3.8, 4) is 0 Å². The maximum absolute atomic E-state index is 14.6. The molecule has 2 aliphatic carbocycles. The molecule has 5 heteroatoms. The van der Waals surface area contributed by atoms with Gasteiger partial charge in [0.05, 0.1) is 5.84 Å². The largest absolute Gasteiger partial charge is 0.492 e. The lowest BCUT2D eigenvalue weighted by molar-refractivity contribution is -0.122. The predicted octanol–water partition coefficient (Wildman–Crippen LogP) is 6.82. The third-order valence-corrected chi connectivity index (χ3v) is 9.88. The molecule has 1 aromatic carbocycles. The number of carbonyl (C=O) groups is 1. The SMILES string of the molecule is NC1=NCCCC(CN2C(=O)C3(COC4=CC5CCCCCCCC5C=C43)c3ccccc32)CCCCC1. The number of nitrogens with two attached hydrogens (primary N) is 1. The van der Waals surface area contributed by atoms with E-state index in [1.54, 1.807) is 0 Å². The molecule has 1 amide bonds. The molecule has 5 nitrogen and oxygen atoms in total. The zero-order chi connectivity index (χ0) is 26.0. The molecule has 2 N–H and O–H groups in total. The Morgan fingerprint density at radius 3 is 2.47 bits per heavy atom. The number of amides is 1. The fourth-order valence-corrected chi connectivity index (χ4v) is 7.74. The maximum atomic E-state index is 14.6. The van der Waals surface area contributed by atoms with Crippen molar-refractivity contribution in [3.63, 3.8) is 0 Å². The number of fused-ring (bicyclic) bond motifs is 5. The first-order valence-electron chi connectivity index (χ1n) is 15.4. The van der Waals surface area contributed by atoms with Crippen LogP contribution in [0.4, 0.5) is 5.69 Å². The number of hydrogen-bond acceptors (Lipinski definition) is 4. The van der Waals surface area contributed by atoms with E-state index in [1.807, 2.05) is 0 Å². The summed E-state index contributed by atoms with van der Waals surface area (Å²) in [7, 11) is 0. The summed E-state index contributed by atoms with van der Waals surface area (Å²) in [5, 5.41) is 0. The number of hydrogen-bond donors (Lipinski definition) is 1. The van der Waals surface area contributed by atoms with Crippen LogP contribution < -0.4 is 10.6 Å². The highest BCUT2D eigenvalue weighted by Gasteiger charge is 2.59. The average molecular weight is 516 g/mol. The van der Waals surface area contributed by atoms with E-state index in [-0.39, 0.29) is 5.91 Å². The number of para-hydroxylation sites is 1. The van der Waals surface area contributed by atoms with Crippen LogP contribution in [0.25, 0.3) is 0 Å². The first-order valence-corrected chi connectivity index (χ1v) is 15.4. The average Bonchev–Trinajstić information content (AvgIpc) is 3.43. The number of nitrogens with zero attached hydrogens (tertiary/aromatic N) is 2. The van der Waals surface area contributed by atoms with Crippen molar-refractivity contribution >= 4 is 17.4 Å². The van der Waals surface area contributed by atoms with E-state index >= 15 is 0 Å². The van der Waals surface area contributed by atoms with E-state index in [4.69, 9.17) is 10.5 Å². The summed E-state index contributed by atoms with van der Waals surface area (Å²) < 4.78 is 6.42. The second kappa shape index (κ2) is 11.3. The molecule has 38 heavy (non-hydrogen) atoms. The highest BCUT2D eigenvalue weighted by molar-refractivity contribution is 6.11. The molecule has 4 atom stereocenters. The van der Waals surface area contributed by atoms with Gasteiger partial charge >= 0.3 is 0 Å². The summed E-state index contributed by atoms with van der Waals surface area (Å²) in [5.74, 6) is 3.57. The van der Waals surface area contributed by atoms with Crippen LogP contribution in [-0.2, 0) is 14.9 Å². The van der Waals surface area contributed by atoms with Gasteiger partial charge in [0, 0.05) is 30.8 Å². The second-order valence-electron chi connectivity index (χ2n) is 12.4. The molecule has 3 aliphatic heterocycles. The van der Waals surface area contributed by atoms with Gasteiger partial charge in [-0.1, -0.05) is 69.2 Å². The zero-order valence-corrected chi connectivity index (χ0v) is 23.0. The third kappa shape index (κ3) is 4.82. The molecule has 6 rings (SSSR count). The summed E-state index contributed by atoms with van der Waals surface area (Å²) in [4.78, 5) is 21.3. The molecule has 204 valence electrons. The molecule has 0 aromatic heterocycles. The van der Waals surface area contributed by atoms with Crippen LogP contribution in [0.15, 0.2) is 52.7 Å². The number of amidine groups is 1. The number of carbonyl (C=O) groups excluding carboxylic acids is 1. The van der Waals surface area contributed by atoms with Crippen molar-refractivity contribution in [1.29, 1.82) is 0 Å². The Morgan fingerprint density at radius 2 is 1.61 bits per heavy atom. The Hall–Kier alpha value is -2.56. The van der Waals surface area contributed by atoms with E-state index in [0.29, 0.717) is 24.4 Å². The smallest absolute Gasteiger partial charge is 0.245 e. The molecule has 1 saturated carbocycles. The molecule has 1 spiro atoms. The lowest BCUT2D eigenvalue weighted by Crippen LogP contribution is -2.44. The van der Waals surface area contributed by atoms with E-state index in [1.165, 1.54) is 57.8 Å². The van der Waals surface area contributed by atoms with Crippen LogP contribution in [0.3, 0.4) is 0 Å². The van der Waals surface area contributed by atoms with Crippen LogP contribution in [0.1, 0.15) is 95.5 Å². The molecule has 0 bridgehead atoms. The van der Waals surface area contributed by atoms with Gasteiger partial charge in [0.2, 0.25) is 5.91 Å². The number of allylic oxidation sites excluding steroid dienone is 3. The minimum Gasteiger partial charge on any atom is -0.492 e. The topological polar surface area (TPSA) is 67.9 Å². The minimum absolute atomic E-state index is 0.228. The van der Waals surface area contributed by atoms with E-state index < -0.39 is 5.41 Å².